The molecule has 0 atom stereocenters. The first-order valence-corrected chi connectivity index (χ1v) is 12.0. The normalized spacial score (nSPS) is 16.6. The maximum Gasteiger partial charge on any atom is 0.407 e. The fourth-order valence-electron chi connectivity index (χ4n) is 4.90. The van der Waals surface area contributed by atoms with Crippen molar-refractivity contribution in [3.63, 3.8) is 0 Å². The van der Waals surface area contributed by atoms with Gasteiger partial charge in [0.1, 0.15) is 11.3 Å². The number of hydrogen-bond donors (Lipinski definition) is 3. The van der Waals surface area contributed by atoms with Gasteiger partial charge in [0.2, 0.25) is 5.91 Å². The standard InChI is InChI=1S/C23H25F2N9O4/c24-14-9-28-20-17(19(26)30-34(20)12-14)21(35)29-16-11-27-10-15(25)18(16)31-3-1-13(2-4-31)22(36)32-5-7-33(8-6-32)23(37)38/h9-13H,1-8H2,(H2,26,30)(H,29,35)(H,37,38). The van der Waals surface area contributed by atoms with Gasteiger partial charge >= 0.3 is 6.09 Å². The van der Waals surface area contributed by atoms with Crippen LogP contribution in [0, 0.1) is 17.6 Å². The van der Waals surface area contributed by atoms with Crippen LogP contribution in [0.1, 0.15) is 23.2 Å². The second kappa shape index (κ2) is 10.1. The number of amides is 3. The molecule has 3 aromatic heterocycles. The summed E-state index contributed by atoms with van der Waals surface area (Å²) in [5, 5.41) is 15.6. The lowest BCUT2D eigenvalue weighted by atomic mass is 9.94. The summed E-state index contributed by atoms with van der Waals surface area (Å²) >= 11 is 0. The molecule has 0 aromatic carbocycles. The average molecular weight is 530 g/mol. The topological polar surface area (TPSA) is 162 Å². The number of carbonyl (C=O) groups excluding carboxylic acids is 2. The molecule has 0 aliphatic carbocycles. The summed E-state index contributed by atoms with van der Waals surface area (Å²) < 4.78 is 29.5. The van der Waals surface area contributed by atoms with Crippen LogP contribution in [0.15, 0.2) is 24.8 Å². The molecule has 200 valence electrons. The molecule has 4 N–H and O–H groups in total. The Labute approximate surface area is 214 Å². The number of fused-ring (bicyclic) bond motifs is 1. The van der Waals surface area contributed by atoms with E-state index in [4.69, 9.17) is 10.8 Å². The Morgan fingerprint density at radius 2 is 1.68 bits per heavy atom. The molecule has 15 heteroatoms. The zero-order valence-electron chi connectivity index (χ0n) is 20.2. The second-order valence-corrected chi connectivity index (χ2v) is 9.13. The Kier molecular flexibility index (Phi) is 6.65. The van der Waals surface area contributed by atoms with E-state index in [0.717, 1.165) is 23.1 Å². The molecule has 0 bridgehead atoms. The van der Waals surface area contributed by atoms with Crippen molar-refractivity contribution in [2.75, 3.05) is 55.2 Å². The van der Waals surface area contributed by atoms with Crippen molar-refractivity contribution < 1.29 is 28.3 Å². The van der Waals surface area contributed by atoms with Crippen molar-refractivity contribution in [3.8, 4) is 0 Å². The van der Waals surface area contributed by atoms with Gasteiger partial charge in [-0.05, 0) is 12.8 Å². The van der Waals surface area contributed by atoms with Gasteiger partial charge in [-0.2, -0.15) is 0 Å². The number of hydrogen-bond acceptors (Lipinski definition) is 8. The van der Waals surface area contributed by atoms with Crippen LogP contribution in [-0.2, 0) is 4.79 Å². The highest BCUT2D eigenvalue weighted by atomic mass is 19.1. The fraction of sp³-hybridized carbons (Fsp3) is 0.391. The summed E-state index contributed by atoms with van der Waals surface area (Å²) in [4.78, 5) is 49.6. The number of anilines is 3. The molecule has 3 amide bonds. The summed E-state index contributed by atoms with van der Waals surface area (Å²) in [6.45, 7) is 1.94. The summed E-state index contributed by atoms with van der Waals surface area (Å²) in [6.07, 6.45) is 4.24. The SMILES string of the molecule is Nc1nn2cc(F)cnc2c1C(=O)Nc1cncc(F)c1N1CCC(C(=O)N2CCN(C(=O)O)CC2)CC1. The van der Waals surface area contributed by atoms with Gasteiger partial charge in [0.15, 0.2) is 23.1 Å². The van der Waals surface area contributed by atoms with E-state index in [1.807, 2.05) is 0 Å². The number of carboxylic acid groups (broad SMARTS) is 1. The maximum atomic E-state index is 15.0. The molecular weight excluding hydrogens is 504 g/mol. The summed E-state index contributed by atoms with van der Waals surface area (Å²) in [7, 11) is 0. The van der Waals surface area contributed by atoms with Crippen molar-refractivity contribution in [2.45, 2.75) is 12.8 Å². The minimum Gasteiger partial charge on any atom is -0.465 e. The van der Waals surface area contributed by atoms with Gasteiger partial charge in [0.25, 0.3) is 5.91 Å². The predicted octanol–water partition coefficient (Wildman–Crippen LogP) is 1.28. The molecule has 3 aromatic rings. The maximum absolute atomic E-state index is 15.0. The van der Waals surface area contributed by atoms with Crippen molar-refractivity contribution in [1.82, 2.24) is 29.4 Å². The average Bonchev–Trinajstić information content (AvgIpc) is 3.23. The number of rotatable bonds is 4. The van der Waals surface area contributed by atoms with Crippen molar-refractivity contribution in [1.29, 1.82) is 0 Å². The van der Waals surface area contributed by atoms with Gasteiger partial charge in [-0.3, -0.25) is 14.6 Å². The number of piperidine rings is 1. The monoisotopic (exact) mass is 529 g/mol. The lowest BCUT2D eigenvalue weighted by molar-refractivity contribution is -0.137. The number of carbonyl (C=O) groups is 3. The highest BCUT2D eigenvalue weighted by molar-refractivity contribution is 6.12. The third-order valence-corrected chi connectivity index (χ3v) is 6.84. The number of nitrogens with zero attached hydrogens (tertiary/aromatic N) is 7. The molecular formula is C23H25F2N9O4. The third kappa shape index (κ3) is 4.73. The van der Waals surface area contributed by atoms with Crippen LogP contribution in [0.2, 0.25) is 0 Å². The van der Waals surface area contributed by atoms with Gasteiger partial charge in [-0.1, -0.05) is 0 Å². The smallest absolute Gasteiger partial charge is 0.407 e. The summed E-state index contributed by atoms with van der Waals surface area (Å²) in [6, 6.07) is 0. The van der Waals surface area contributed by atoms with Crippen molar-refractivity contribution in [3.05, 3.63) is 42.0 Å². The van der Waals surface area contributed by atoms with E-state index in [1.54, 1.807) is 9.80 Å². The number of halogens is 2. The molecule has 2 fully saturated rings. The summed E-state index contributed by atoms with van der Waals surface area (Å²) in [5.41, 5.74) is 6.05. The molecule has 0 spiro atoms. The Hall–Kier alpha value is -4.56. The highest BCUT2D eigenvalue weighted by Gasteiger charge is 2.33. The molecule has 5 heterocycles. The Morgan fingerprint density at radius 3 is 2.37 bits per heavy atom. The minimum absolute atomic E-state index is 0.0362. The first-order chi connectivity index (χ1) is 18.2. The van der Waals surface area contributed by atoms with E-state index in [2.05, 4.69) is 20.4 Å². The molecule has 38 heavy (non-hydrogen) atoms. The van der Waals surface area contributed by atoms with Gasteiger partial charge in [-0.25, -0.2) is 23.1 Å². The van der Waals surface area contributed by atoms with Gasteiger partial charge in [-0.15, -0.1) is 5.10 Å². The van der Waals surface area contributed by atoms with Crippen LogP contribution < -0.4 is 16.0 Å². The van der Waals surface area contributed by atoms with Crippen LogP contribution in [0.5, 0.6) is 0 Å². The first-order valence-electron chi connectivity index (χ1n) is 12.0. The van der Waals surface area contributed by atoms with Crippen LogP contribution in [0.25, 0.3) is 5.65 Å². The van der Waals surface area contributed by atoms with Gasteiger partial charge < -0.3 is 30.9 Å². The van der Waals surface area contributed by atoms with Crippen molar-refractivity contribution in [2.24, 2.45) is 5.92 Å². The Bertz CT molecular complexity index is 1400. The quantitative estimate of drug-likeness (QED) is 0.452. The van der Waals surface area contributed by atoms with E-state index in [1.165, 1.54) is 11.1 Å². The molecule has 2 aliphatic rings. The van der Waals surface area contributed by atoms with Crippen LogP contribution in [0.3, 0.4) is 0 Å². The van der Waals surface area contributed by atoms with E-state index in [9.17, 15) is 23.2 Å². The number of nitrogen functional groups attached to an aromatic ring is 1. The predicted molar refractivity (Wildman–Crippen MR) is 131 cm³/mol. The van der Waals surface area contributed by atoms with Gasteiger partial charge in [0.05, 0.1) is 30.5 Å². The third-order valence-electron chi connectivity index (χ3n) is 6.84. The molecule has 5 rings (SSSR count). The number of pyridine rings is 1. The zero-order chi connectivity index (χ0) is 27.0. The summed E-state index contributed by atoms with van der Waals surface area (Å²) in [5.74, 6) is -2.49. The van der Waals surface area contributed by atoms with Gasteiger partial charge in [0, 0.05) is 45.2 Å². The Balaban J connectivity index is 1.28. The molecule has 0 radical (unpaired) electrons. The minimum atomic E-state index is -0.998. The van der Waals surface area contributed by atoms with Crippen LogP contribution >= 0.6 is 0 Å². The fourth-order valence-corrected chi connectivity index (χ4v) is 4.90. The molecule has 2 saturated heterocycles. The molecule has 2 aliphatic heterocycles. The number of piperazine rings is 1. The van der Waals surface area contributed by atoms with E-state index in [0.29, 0.717) is 39.0 Å². The number of nitrogens with two attached hydrogens (primary N) is 1. The molecule has 0 unspecified atom stereocenters. The zero-order valence-corrected chi connectivity index (χ0v) is 20.2. The molecule has 13 nitrogen and oxygen atoms in total. The van der Waals surface area contributed by atoms with Crippen LogP contribution in [0.4, 0.5) is 30.8 Å². The lowest BCUT2D eigenvalue weighted by Gasteiger charge is -2.38. The van der Waals surface area contributed by atoms with E-state index in [-0.39, 0.29) is 53.3 Å². The number of nitrogens with one attached hydrogen (secondary N) is 1. The second-order valence-electron chi connectivity index (χ2n) is 9.13. The van der Waals surface area contributed by atoms with Crippen LogP contribution in [-0.4, -0.2) is 91.7 Å². The van der Waals surface area contributed by atoms with Crippen molar-refractivity contribution >= 4 is 40.7 Å². The Morgan fingerprint density at radius 1 is 1.00 bits per heavy atom. The first kappa shape index (κ1) is 25.1. The lowest BCUT2D eigenvalue weighted by Crippen LogP contribution is -2.52. The number of aromatic nitrogens is 4. The molecule has 0 saturated carbocycles. The highest BCUT2D eigenvalue weighted by Crippen LogP contribution is 2.33. The largest absolute Gasteiger partial charge is 0.465 e. The van der Waals surface area contributed by atoms with E-state index < -0.39 is 23.6 Å². The van der Waals surface area contributed by atoms with E-state index >= 15 is 0 Å².